The van der Waals surface area contributed by atoms with Crippen molar-refractivity contribution in [1.29, 1.82) is 0 Å². The van der Waals surface area contributed by atoms with E-state index < -0.39 is 0 Å². The molecule has 2 amide bonds. The van der Waals surface area contributed by atoms with Gasteiger partial charge in [0, 0.05) is 30.9 Å². The molecule has 3 aromatic rings. The number of morpholine rings is 1. The van der Waals surface area contributed by atoms with Crippen molar-refractivity contribution in [2.75, 3.05) is 45.9 Å². The highest BCUT2D eigenvalue weighted by Gasteiger charge is 2.61. The van der Waals surface area contributed by atoms with Crippen molar-refractivity contribution >= 4 is 40.2 Å². The molecule has 2 aromatic heterocycles. The number of ether oxygens (including phenoxy) is 1. The summed E-state index contributed by atoms with van der Waals surface area (Å²) in [6.45, 7) is 4.06. The fourth-order valence-corrected chi connectivity index (χ4v) is 6.10. The van der Waals surface area contributed by atoms with Crippen molar-refractivity contribution < 1.29 is 13.9 Å². The first-order valence-corrected chi connectivity index (χ1v) is 11.7. The average molecular weight is 472 g/mol. The molecule has 0 saturated carbocycles. The predicted octanol–water partition coefficient (Wildman–Crippen LogP) is 3.48. The van der Waals surface area contributed by atoms with E-state index in [1.54, 1.807) is 18.3 Å². The van der Waals surface area contributed by atoms with Crippen LogP contribution in [0.2, 0.25) is 5.02 Å². The molecule has 1 unspecified atom stereocenters. The standard InChI is InChI=1S/C23H25ClFN6O2/c24-17-12-27-20-19(17)21(29-14-28-20)31(22(32)30-7-9-33-10-8-30)13-23(3-5-26-6-4-23)16-11-15(25)1-2-18(16)31/h1-2,11-12,14,26H,3-10,13H2,(H,27,28,29)/q+1. The number of fused-ring (bicyclic) bond motifs is 3. The quantitative estimate of drug-likeness (QED) is 0.531. The fourth-order valence-electron chi connectivity index (χ4n) is 5.87. The zero-order valence-electron chi connectivity index (χ0n) is 18.1. The summed E-state index contributed by atoms with van der Waals surface area (Å²) in [4.78, 5) is 28.4. The highest BCUT2D eigenvalue weighted by molar-refractivity contribution is 6.36. The number of piperidine rings is 1. The summed E-state index contributed by atoms with van der Waals surface area (Å²) < 4.78 is 20.0. The van der Waals surface area contributed by atoms with Gasteiger partial charge in [0.15, 0.2) is 5.69 Å². The SMILES string of the molecule is O=C(N1CCOCC1)[N+]1(c2ncnc3[nH]cc(Cl)c23)CC2(CCNCC2)c2cc(F)ccc21. The molecule has 0 bridgehead atoms. The first-order valence-electron chi connectivity index (χ1n) is 11.3. The number of benzene rings is 1. The Bertz CT molecular complexity index is 1240. The van der Waals surface area contributed by atoms with Crippen LogP contribution in [-0.4, -0.2) is 71.8 Å². The van der Waals surface area contributed by atoms with Crippen molar-refractivity contribution in [2.24, 2.45) is 0 Å². The number of hydrogen-bond donors (Lipinski definition) is 2. The van der Waals surface area contributed by atoms with E-state index in [1.165, 1.54) is 12.4 Å². The van der Waals surface area contributed by atoms with Gasteiger partial charge in [0.25, 0.3) is 5.82 Å². The van der Waals surface area contributed by atoms with Crippen molar-refractivity contribution in [3.63, 3.8) is 0 Å². The summed E-state index contributed by atoms with van der Waals surface area (Å²) in [5.41, 5.74) is 1.90. The van der Waals surface area contributed by atoms with Gasteiger partial charge < -0.3 is 15.0 Å². The molecule has 172 valence electrons. The minimum Gasteiger partial charge on any atom is -0.378 e. The second-order valence-electron chi connectivity index (χ2n) is 9.10. The summed E-state index contributed by atoms with van der Waals surface area (Å²) in [6, 6.07) is 4.73. The molecule has 10 heteroatoms. The molecule has 2 saturated heterocycles. The second-order valence-corrected chi connectivity index (χ2v) is 9.51. The Labute approximate surface area is 195 Å². The molecule has 33 heavy (non-hydrogen) atoms. The minimum absolute atomic E-state index is 0.0844. The zero-order chi connectivity index (χ0) is 22.6. The topological polar surface area (TPSA) is 83.1 Å². The Hall–Kier alpha value is -2.59. The van der Waals surface area contributed by atoms with E-state index in [-0.39, 0.29) is 21.7 Å². The molecule has 1 atom stereocenters. The Morgan fingerprint density at radius 1 is 1.21 bits per heavy atom. The van der Waals surface area contributed by atoms with Gasteiger partial charge in [0.1, 0.15) is 29.7 Å². The molecule has 2 N–H and O–H groups in total. The molecule has 0 radical (unpaired) electrons. The van der Waals surface area contributed by atoms with E-state index in [4.69, 9.17) is 16.3 Å². The molecule has 2 fully saturated rings. The molecule has 3 aliphatic heterocycles. The lowest BCUT2D eigenvalue weighted by Gasteiger charge is -2.39. The van der Waals surface area contributed by atoms with Crippen molar-refractivity contribution in [1.82, 2.24) is 29.7 Å². The number of quaternary nitrogens is 1. The second kappa shape index (κ2) is 7.73. The number of halogens is 2. The van der Waals surface area contributed by atoms with Crippen LogP contribution in [-0.2, 0) is 10.2 Å². The monoisotopic (exact) mass is 471 g/mol. The highest BCUT2D eigenvalue weighted by atomic mass is 35.5. The number of carbonyl (C=O) groups excluding carboxylic acids is 1. The number of hydrogen-bond acceptors (Lipinski definition) is 5. The van der Waals surface area contributed by atoms with Crippen LogP contribution in [0.4, 0.5) is 20.7 Å². The first-order chi connectivity index (χ1) is 16.1. The summed E-state index contributed by atoms with van der Waals surface area (Å²) in [7, 11) is 0. The van der Waals surface area contributed by atoms with Gasteiger partial charge in [-0.3, -0.25) is 4.90 Å². The van der Waals surface area contributed by atoms with Crippen LogP contribution in [0.15, 0.2) is 30.7 Å². The van der Waals surface area contributed by atoms with Crippen LogP contribution in [0.1, 0.15) is 18.4 Å². The van der Waals surface area contributed by atoms with Gasteiger partial charge in [-0.25, -0.2) is 14.2 Å². The van der Waals surface area contributed by atoms with E-state index in [0.717, 1.165) is 37.2 Å². The molecule has 1 spiro atoms. The van der Waals surface area contributed by atoms with Crippen LogP contribution in [0.25, 0.3) is 11.0 Å². The molecular weight excluding hydrogens is 447 g/mol. The van der Waals surface area contributed by atoms with Crippen molar-refractivity contribution in [3.05, 3.63) is 47.1 Å². The van der Waals surface area contributed by atoms with Crippen LogP contribution in [0.5, 0.6) is 0 Å². The smallest absolute Gasteiger partial charge is 0.378 e. The maximum Gasteiger partial charge on any atom is 0.430 e. The van der Waals surface area contributed by atoms with Gasteiger partial charge in [0.2, 0.25) is 0 Å². The molecule has 3 aliphatic rings. The molecule has 8 nitrogen and oxygen atoms in total. The number of H-pyrrole nitrogens is 1. The van der Waals surface area contributed by atoms with Crippen molar-refractivity contribution in [2.45, 2.75) is 18.3 Å². The van der Waals surface area contributed by atoms with Crippen LogP contribution in [0.3, 0.4) is 0 Å². The number of carbonyl (C=O) groups is 1. The lowest BCUT2D eigenvalue weighted by Crippen LogP contribution is -2.60. The van der Waals surface area contributed by atoms with E-state index in [2.05, 4.69) is 20.3 Å². The number of aromatic amines is 1. The predicted molar refractivity (Wildman–Crippen MR) is 123 cm³/mol. The van der Waals surface area contributed by atoms with Gasteiger partial charge >= 0.3 is 6.03 Å². The highest BCUT2D eigenvalue weighted by Crippen LogP contribution is 2.55. The third-order valence-corrected chi connectivity index (χ3v) is 7.71. The number of urea groups is 1. The molecule has 1 aromatic carbocycles. The Balaban J connectivity index is 1.65. The zero-order valence-corrected chi connectivity index (χ0v) is 18.9. The van der Waals surface area contributed by atoms with Crippen LogP contribution in [0, 0.1) is 5.82 Å². The van der Waals surface area contributed by atoms with Gasteiger partial charge in [-0.1, -0.05) is 11.6 Å². The lowest BCUT2D eigenvalue weighted by atomic mass is 9.74. The number of rotatable bonds is 1. The Morgan fingerprint density at radius 2 is 2.00 bits per heavy atom. The lowest BCUT2D eigenvalue weighted by molar-refractivity contribution is 0.0467. The summed E-state index contributed by atoms with van der Waals surface area (Å²) in [5.74, 6) is 0.240. The van der Waals surface area contributed by atoms with E-state index in [0.29, 0.717) is 54.7 Å². The first kappa shape index (κ1) is 21.0. The minimum atomic E-state index is -0.343. The largest absolute Gasteiger partial charge is 0.430 e. The summed E-state index contributed by atoms with van der Waals surface area (Å²) >= 11 is 6.60. The molecule has 6 rings (SSSR count). The third kappa shape index (κ3) is 3.03. The summed E-state index contributed by atoms with van der Waals surface area (Å²) in [5, 5.41) is 4.50. The Kier molecular flexibility index (Phi) is 4.91. The van der Waals surface area contributed by atoms with E-state index >= 15 is 0 Å². The Morgan fingerprint density at radius 3 is 2.79 bits per heavy atom. The van der Waals surface area contributed by atoms with Gasteiger partial charge in [0.05, 0.1) is 23.7 Å². The average Bonchev–Trinajstić information content (AvgIpc) is 3.36. The number of nitrogens with one attached hydrogen (secondary N) is 2. The molecular formula is C23H25ClFN6O2+. The van der Waals surface area contributed by atoms with Crippen LogP contribution < -0.4 is 9.80 Å². The van der Waals surface area contributed by atoms with Crippen LogP contribution >= 0.6 is 11.6 Å². The third-order valence-electron chi connectivity index (χ3n) is 7.41. The van der Waals surface area contributed by atoms with Crippen molar-refractivity contribution in [3.8, 4) is 0 Å². The van der Waals surface area contributed by atoms with E-state index in [9.17, 15) is 9.18 Å². The number of nitrogens with zero attached hydrogens (tertiary/aromatic N) is 4. The maximum atomic E-state index is 14.6. The summed E-state index contributed by atoms with van der Waals surface area (Å²) in [6.07, 6.45) is 4.76. The van der Waals surface area contributed by atoms with E-state index in [1.807, 2.05) is 4.90 Å². The normalized spacial score (nSPS) is 24.4. The fraction of sp³-hybridized carbons (Fsp3) is 0.435. The van der Waals surface area contributed by atoms with Gasteiger partial charge in [-0.2, -0.15) is 9.47 Å². The number of amides is 2. The molecule has 0 aliphatic carbocycles. The van der Waals surface area contributed by atoms with Gasteiger partial charge in [-0.15, -0.1) is 0 Å². The van der Waals surface area contributed by atoms with Gasteiger partial charge in [-0.05, 0) is 38.1 Å². The maximum absolute atomic E-state index is 14.6. The molecule has 5 heterocycles. The number of aromatic nitrogens is 3.